The van der Waals surface area contributed by atoms with Gasteiger partial charge in [0.25, 0.3) is 0 Å². The molecule has 1 saturated heterocycles. The molecule has 0 aromatic rings. The first-order valence-electron chi connectivity index (χ1n) is 6.13. The van der Waals surface area contributed by atoms with Crippen LogP contribution >= 0.6 is 0 Å². The summed E-state index contributed by atoms with van der Waals surface area (Å²) in [5.74, 6) is 0. The number of likely N-dealkylation sites (tertiary alicyclic amines) is 1. The van der Waals surface area contributed by atoms with E-state index in [0.717, 1.165) is 13.1 Å². The predicted molar refractivity (Wildman–Crippen MR) is 64.1 cm³/mol. The third-order valence-corrected chi connectivity index (χ3v) is 2.99. The Bertz CT molecular complexity index is 177. The molecule has 15 heavy (non-hydrogen) atoms. The monoisotopic (exact) mass is 214 g/mol. The average Bonchev–Trinajstić information content (AvgIpc) is 2.58. The molecule has 3 nitrogen and oxygen atoms in total. The molecule has 0 aromatic heterocycles. The van der Waals surface area contributed by atoms with Crippen LogP contribution in [0.2, 0.25) is 0 Å². The SMILES string of the molecule is CC(C)(C)NCCCN1CCCC1CO. The summed E-state index contributed by atoms with van der Waals surface area (Å²) in [5.41, 5.74) is 0.224. The van der Waals surface area contributed by atoms with Crippen molar-refractivity contribution in [2.75, 3.05) is 26.2 Å². The van der Waals surface area contributed by atoms with Gasteiger partial charge in [-0.1, -0.05) is 0 Å². The summed E-state index contributed by atoms with van der Waals surface area (Å²) < 4.78 is 0. The molecule has 3 heteroatoms. The van der Waals surface area contributed by atoms with E-state index in [4.69, 9.17) is 5.11 Å². The van der Waals surface area contributed by atoms with Gasteiger partial charge in [0.05, 0.1) is 6.61 Å². The van der Waals surface area contributed by atoms with E-state index in [1.165, 1.54) is 25.8 Å². The number of nitrogens with zero attached hydrogens (tertiary/aromatic N) is 1. The van der Waals surface area contributed by atoms with Gasteiger partial charge in [-0.15, -0.1) is 0 Å². The summed E-state index contributed by atoms with van der Waals surface area (Å²) in [5, 5.41) is 12.7. The van der Waals surface area contributed by atoms with Gasteiger partial charge in [-0.3, -0.25) is 4.90 Å². The van der Waals surface area contributed by atoms with Crippen LogP contribution in [0, 0.1) is 0 Å². The van der Waals surface area contributed by atoms with Gasteiger partial charge in [-0.05, 0) is 59.7 Å². The van der Waals surface area contributed by atoms with E-state index in [9.17, 15) is 0 Å². The highest BCUT2D eigenvalue weighted by atomic mass is 16.3. The molecule has 1 unspecified atom stereocenters. The maximum Gasteiger partial charge on any atom is 0.0586 e. The molecule has 1 aliphatic heterocycles. The zero-order chi connectivity index (χ0) is 11.3. The van der Waals surface area contributed by atoms with E-state index < -0.39 is 0 Å². The van der Waals surface area contributed by atoms with Gasteiger partial charge in [0.2, 0.25) is 0 Å². The first-order chi connectivity index (χ1) is 7.03. The average molecular weight is 214 g/mol. The van der Waals surface area contributed by atoms with Crippen molar-refractivity contribution in [3.8, 4) is 0 Å². The van der Waals surface area contributed by atoms with Crippen LogP contribution in [-0.4, -0.2) is 47.8 Å². The van der Waals surface area contributed by atoms with Gasteiger partial charge < -0.3 is 10.4 Å². The second kappa shape index (κ2) is 5.83. The van der Waals surface area contributed by atoms with Crippen molar-refractivity contribution >= 4 is 0 Å². The highest BCUT2D eigenvalue weighted by Crippen LogP contribution is 2.16. The standard InChI is InChI=1S/C12H26N2O/c1-12(2,3)13-7-5-9-14-8-4-6-11(14)10-15/h11,13,15H,4-10H2,1-3H3. The van der Waals surface area contributed by atoms with Crippen molar-refractivity contribution in [2.24, 2.45) is 0 Å². The third-order valence-electron chi connectivity index (χ3n) is 2.99. The van der Waals surface area contributed by atoms with Crippen LogP contribution in [0.5, 0.6) is 0 Å². The van der Waals surface area contributed by atoms with Crippen LogP contribution in [0.25, 0.3) is 0 Å². The molecular formula is C12H26N2O. The molecule has 0 radical (unpaired) electrons. The Balaban J connectivity index is 2.09. The molecule has 0 saturated carbocycles. The highest BCUT2D eigenvalue weighted by molar-refractivity contribution is 4.78. The van der Waals surface area contributed by atoms with E-state index in [0.29, 0.717) is 12.6 Å². The van der Waals surface area contributed by atoms with E-state index in [-0.39, 0.29) is 5.54 Å². The number of rotatable bonds is 5. The van der Waals surface area contributed by atoms with Crippen LogP contribution in [0.3, 0.4) is 0 Å². The predicted octanol–water partition coefficient (Wildman–Crippen LogP) is 1.22. The summed E-state index contributed by atoms with van der Waals surface area (Å²) in [6, 6.07) is 0.430. The van der Waals surface area contributed by atoms with Gasteiger partial charge in [-0.2, -0.15) is 0 Å². The summed E-state index contributed by atoms with van der Waals surface area (Å²) in [4.78, 5) is 2.42. The molecule has 1 rings (SSSR count). The van der Waals surface area contributed by atoms with Gasteiger partial charge in [0, 0.05) is 11.6 Å². The smallest absolute Gasteiger partial charge is 0.0586 e. The quantitative estimate of drug-likeness (QED) is 0.676. The molecule has 0 amide bonds. The van der Waals surface area contributed by atoms with Gasteiger partial charge in [-0.25, -0.2) is 0 Å². The molecule has 0 spiro atoms. The van der Waals surface area contributed by atoms with Crippen LogP contribution in [0.1, 0.15) is 40.0 Å². The first kappa shape index (κ1) is 12.9. The maximum absolute atomic E-state index is 9.16. The molecule has 2 N–H and O–H groups in total. The van der Waals surface area contributed by atoms with Crippen molar-refractivity contribution in [3.05, 3.63) is 0 Å². The molecular weight excluding hydrogens is 188 g/mol. The van der Waals surface area contributed by atoms with E-state index in [2.05, 4.69) is 31.0 Å². The third kappa shape index (κ3) is 4.96. The molecule has 0 aliphatic carbocycles. The van der Waals surface area contributed by atoms with Gasteiger partial charge in [0.15, 0.2) is 0 Å². The van der Waals surface area contributed by atoms with Crippen molar-refractivity contribution in [1.29, 1.82) is 0 Å². The topological polar surface area (TPSA) is 35.5 Å². The Kier molecular flexibility index (Phi) is 5.03. The minimum Gasteiger partial charge on any atom is -0.395 e. The lowest BCUT2D eigenvalue weighted by Gasteiger charge is -2.24. The second-order valence-electron chi connectivity index (χ2n) is 5.54. The lowest BCUT2D eigenvalue weighted by atomic mass is 10.1. The maximum atomic E-state index is 9.16. The largest absolute Gasteiger partial charge is 0.395 e. The molecule has 1 fully saturated rings. The molecule has 90 valence electrons. The van der Waals surface area contributed by atoms with Crippen molar-refractivity contribution in [3.63, 3.8) is 0 Å². The Morgan fingerprint density at radius 1 is 1.40 bits per heavy atom. The fourth-order valence-corrected chi connectivity index (χ4v) is 2.14. The van der Waals surface area contributed by atoms with Gasteiger partial charge >= 0.3 is 0 Å². The molecule has 0 bridgehead atoms. The summed E-state index contributed by atoms with van der Waals surface area (Å²) in [6.07, 6.45) is 3.59. The fraction of sp³-hybridized carbons (Fsp3) is 1.00. The number of aliphatic hydroxyl groups excluding tert-OH is 1. The number of hydrogen-bond acceptors (Lipinski definition) is 3. The zero-order valence-electron chi connectivity index (χ0n) is 10.4. The summed E-state index contributed by atoms with van der Waals surface area (Å²) >= 11 is 0. The van der Waals surface area contributed by atoms with E-state index >= 15 is 0 Å². The number of hydrogen-bond donors (Lipinski definition) is 2. The lowest BCUT2D eigenvalue weighted by Crippen LogP contribution is -2.39. The summed E-state index contributed by atoms with van der Waals surface area (Å²) in [6.45, 7) is 10.3. The first-order valence-corrected chi connectivity index (χ1v) is 6.13. The minimum atomic E-state index is 0.224. The fourth-order valence-electron chi connectivity index (χ4n) is 2.14. The lowest BCUT2D eigenvalue weighted by molar-refractivity contribution is 0.157. The highest BCUT2D eigenvalue weighted by Gasteiger charge is 2.22. The number of aliphatic hydroxyl groups is 1. The summed E-state index contributed by atoms with van der Waals surface area (Å²) in [7, 11) is 0. The van der Waals surface area contributed by atoms with Crippen LogP contribution < -0.4 is 5.32 Å². The Labute approximate surface area is 93.9 Å². The second-order valence-corrected chi connectivity index (χ2v) is 5.54. The Hall–Kier alpha value is -0.120. The minimum absolute atomic E-state index is 0.224. The number of nitrogens with one attached hydrogen (secondary N) is 1. The van der Waals surface area contributed by atoms with Crippen molar-refractivity contribution < 1.29 is 5.11 Å². The van der Waals surface area contributed by atoms with E-state index in [1.54, 1.807) is 0 Å². The Morgan fingerprint density at radius 2 is 2.13 bits per heavy atom. The van der Waals surface area contributed by atoms with E-state index in [1.807, 2.05) is 0 Å². The molecule has 1 aliphatic rings. The Morgan fingerprint density at radius 3 is 2.73 bits per heavy atom. The molecule has 1 atom stereocenters. The normalized spacial score (nSPS) is 23.6. The van der Waals surface area contributed by atoms with Crippen molar-refractivity contribution in [1.82, 2.24) is 10.2 Å². The van der Waals surface area contributed by atoms with Crippen LogP contribution in [-0.2, 0) is 0 Å². The van der Waals surface area contributed by atoms with Crippen LogP contribution in [0.15, 0.2) is 0 Å². The van der Waals surface area contributed by atoms with Gasteiger partial charge in [0.1, 0.15) is 0 Å². The molecule has 0 aromatic carbocycles. The zero-order valence-corrected chi connectivity index (χ0v) is 10.4. The molecule has 1 heterocycles. The van der Waals surface area contributed by atoms with Crippen LogP contribution in [0.4, 0.5) is 0 Å². The van der Waals surface area contributed by atoms with Crippen molar-refractivity contribution in [2.45, 2.75) is 51.6 Å².